The van der Waals surface area contributed by atoms with E-state index in [1.807, 2.05) is 6.07 Å². The number of likely N-dealkylation sites (tertiary alicyclic amines) is 1. The highest BCUT2D eigenvalue weighted by Gasteiger charge is 2.49. The Balaban J connectivity index is 1.25. The fourth-order valence-corrected chi connectivity index (χ4v) is 8.60. The molecular formula is C33H39N7O3. The van der Waals surface area contributed by atoms with Gasteiger partial charge in [0.25, 0.3) is 5.88 Å². The van der Waals surface area contributed by atoms with Gasteiger partial charge in [-0.05, 0) is 102 Å². The van der Waals surface area contributed by atoms with Crippen LogP contribution in [-0.2, 0) is 18.3 Å². The van der Waals surface area contributed by atoms with Crippen molar-refractivity contribution < 1.29 is 14.0 Å². The van der Waals surface area contributed by atoms with E-state index < -0.39 is 5.41 Å². The highest BCUT2D eigenvalue weighted by atomic mass is 16.5. The van der Waals surface area contributed by atoms with Crippen LogP contribution in [0.1, 0.15) is 86.3 Å². The summed E-state index contributed by atoms with van der Waals surface area (Å²) in [6, 6.07) is 6.95. The predicted octanol–water partition coefficient (Wildman–Crippen LogP) is 4.77. The van der Waals surface area contributed by atoms with E-state index in [9.17, 15) is 5.26 Å². The molecule has 224 valence electrons. The van der Waals surface area contributed by atoms with Gasteiger partial charge in [0.15, 0.2) is 23.1 Å². The number of nitrogens with two attached hydrogens (primary N) is 1. The number of rotatable bonds is 4. The number of fused-ring (bicyclic) bond motifs is 7. The third kappa shape index (κ3) is 4.04. The van der Waals surface area contributed by atoms with E-state index >= 15 is 0 Å². The zero-order chi connectivity index (χ0) is 29.3. The van der Waals surface area contributed by atoms with Crippen LogP contribution in [0.4, 0.5) is 11.5 Å². The summed E-state index contributed by atoms with van der Waals surface area (Å²) in [4.78, 5) is 14.9. The van der Waals surface area contributed by atoms with E-state index in [4.69, 9.17) is 29.7 Å². The van der Waals surface area contributed by atoms with Gasteiger partial charge < -0.3 is 24.6 Å². The number of anilines is 2. The lowest BCUT2D eigenvalue weighted by Crippen LogP contribution is -2.47. The molecule has 0 bridgehead atoms. The van der Waals surface area contributed by atoms with E-state index in [0.717, 1.165) is 87.2 Å². The summed E-state index contributed by atoms with van der Waals surface area (Å²) in [5.74, 6) is 3.29. The highest BCUT2D eigenvalue weighted by molar-refractivity contribution is 5.70. The molecule has 1 aromatic carbocycles. The van der Waals surface area contributed by atoms with Gasteiger partial charge in [-0.2, -0.15) is 10.2 Å². The summed E-state index contributed by atoms with van der Waals surface area (Å²) in [6.45, 7) is 4.76. The minimum atomic E-state index is -0.412. The molecular weight excluding hydrogens is 542 g/mol. The minimum absolute atomic E-state index is 0.0543. The lowest BCUT2D eigenvalue weighted by molar-refractivity contribution is 0.109. The monoisotopic (exact) mass is 581 g/mol. The van der Waals surface area contributed by atoms with Crippen LogP contribution in [0, 0.1) is 11.3 Å². The molecule has 2 aromatic heterocycles. The molecule has 0 radical (unpaired) electrons. The molecule has 43 heavy (non-hydrogen) atoms. The van der Waals surface area contributed by atoms with Crippen molar-refractivity contribution >= 4 is 11.5 Å². The molecule has 2 aliphatic carbocycles. The Labute approximate surface area is 252 Å². The van der Waals surface area contributed by atoms with E-state index in [1.165, 1.54) is 18.4 Å². The first-order valence-corrected chi connectivity index (χ1v) is 16.0. The number of nitriles is 1. The van der Waals surface area contributed by atoms with E-state index in [1.54, 1.807) is 0 Å². The Hall–Kier alpha value is -3.84. The standard InChI is InChI=1S/C33H39N7O3/c1-19(25-9-6-15-39(25)2)42-32-28-31(40-16-4-3-7-21(40)18-41-28)36-30(37-32)27-22-8-5-13-33(29(22)43-38-27)14-12-20-10-11-24(35)23(17-34)26(20)33/h10-11,19,21,25H,3-9,12-16,18,35H2,1-2H3. The number of hydrogen-bond acceptors (Lipinski definition) is 10. The maximum Gasteiger partial charge on any atom is 0.263 e. The number of benzene rings is 1. The van der Waals surface area contributed by atoms with Crippen molar-refractivity contribution in [3.8, 4) is 29.2 Å². The largest absolute Gasteiger partial charge is 0.483 e. The van der Waals surface area contributed by atoms with Crippen LogP contribution in [-0.4, -0.2) is 65.0 Å². The third-order valence-electron chi connectivity index (χ3n) is 10.8. The second-order valence-corrected chi connectivity index (χ2v) is 13.1. The molecule has 8 rings (SSSR count). The molecule has 10 nitrogen and oxygen atoms in total. The van der Waals surface area contributed by atoms with Crippen molar-refractivity contribution in [3.05, 3.63) is 40.1 Å². The van der Waals surface area contributed by atoms with E-state index in [2.05, 4.69) is 41.1 Å². The normalized spacial score (nSPS) is 26.7. The van der Waals surface area contributed by atoms with Gasteiger partial charge in [-0.25, -0.2) is 4.98 Å². The molecule has 0 amide bonds. The van der Waals surface area contributed by atoms with E-state index in [-0.39, 0.29) is 6.10 Å². The van der Waals surface area contributed by atoms with Crippen molar-refractivity contribution in [2.45, 2.75) is 94.7 Å². The van der Waals surface area contributed by atoms with Gasteiger partial charge in [-0.15, -0.1) is 0 Å². The second-order valence-electron chi connectivity index (χ2n) is 13.1. The molecule has 2 N–H and O–H groups in total. The van der Waals surface area contributed by atoms with Gasteiger partial charge in [-0.3, -0.25) is 4.90 Å². The summed E-state index contributed by atoms with van der Waals surface area (Å²) >= 11 is 0. The quantitative estimate of drug-likeness (QED) is 0.431. The molecule has 1 spiro atoms. The van der Waals surface area contributed by atoms with Gasteiger partial charge in [0.05, 0.1) is 17.0 Å². The van der Waals surface area contributed by atoms with Crippen molar-refractivity contribution in [3.63, 3.8) is 0 Å². The zero-order valence-corrected chi connectivity index (χ0v) is 25.1. The molecule has 4 unspecified atom stereocenters. The van der Waals surface area contributed by atoms with Gasteiger partial charge in [-0.1, -0.05) is 11.2 Å². The first kappa shape index (κ1) is 26.8. The first-order valence-electron chi connectivity index (χ1n) is 16.0. The molecule has 5 heterocycles. The molecule has 2 saturated heterocycles. The number of hydrogen-bond donors (Lipinski definition) is 1. The molecule has 10 heteroatoms. The van der Waals surface area contributed by atoms with Crippen LogP contribution in [0.3, 0.4) is 0 Å². The average Bonchev–Trinajstić information content (AvgIpc) is 3.75. The maximum absolute atomic E-state index is 10.1. The fraction of sp³-hybridized carbons (Fsp3) is 0.576. The number of likely N-dealkylation sites (N-methyl/N-ethyl adjacent to an activating group) is 1. The molecule has 2 fully saturated rings. The lowest BCUT2D eigenvalue weighted by atomic mass is 9.68. The van der Waals surface area contributed by atoms with Crippen LogP contribution >= 0.6 is 0 Å². The highest BCUT2D eigenvalue weighted by Crippen LogP contribution is 2.54. The third-order valence-corrected chi connectivity index (χ3v) is 10.8. The Morgan fingerprint density at radius 2 is 2.02 bits per heavy atom. The minimum Gasteiger partial charge on any atom is -0.483 e. The van der Waals surface area contributed by atoms with Crippen molar-refractivity contribution in [2.75, 3.05) is 37.4 Å². The van der Waals surface area contributed by atoms with Gasteiger partial charge >= 0.3 is 0 Å². The number of aromatic nitrogens is 3. The summed E-state index contributed by atoms with van der Waals surface area (Å²) in [5.41, 5.74) is 10.9. The summed E-state index contributed by atoms with van der Waals surface area (Å²) in [5, 5.41) is 14.8. The topological polar surface area (TPSA) is 127 Å². The number of aryl methyl sites for hydroxylation is 1. The van der Waals surface area contributed by atoms with Crippen LogP contribution in [0.25, 0.3) is 11.5 Å². The summed E-state index contributed by atoms with van der Waals surface area (Å²) in [6.07, 6.45) is 10.0. The SMILES string of the molecule is CC(Oc1nc(-c2noc3c2CCCC32CCc3ccc(N)c(C#N)c32)nc2c1OCC1CCCCN21)C1CCCN1C. The Morgan fingerprint density at radius 3 is 2.86 bits per heavy atom. The van der Waals surface area contributed by atoms with Crippen molar-refractivity contribution in [1.82, 2.24) is 20.0 Å². The molecule has 0 saturated carbocycles. The zero-order valence-electron chi connectivity index (χ0n) is 25.1. The molecule has 5 aliphatic rings. The van der Waals surface area contributed by atoms with E-state index in [0.29, 0.717) is 53.1 Å². The van der Waals surface area contributed by atoms with Crippen LogP contribution < -0.4 is 20.1 Å². The fourth-order valence-electron chi connectivity index (χ4n) is 8.60. The molecule has 3 aromatic rings. The smallest absolute Gasteiger partial charge is 0.263 e. The number of nitrogens with zero attached hydrogens (tertiary/aromatic N) is 6. The number of nitrogen functional groups attached to an aromatic ring is 1. The summed E-state index contributed by atoms with van der Waals surface area (Å²) in [7, 11) is 2.16. The van der Waals surface area contributed by atoms with Crippen LogP contribution in [0.15, 0.2) is 16.7 Å². The summed E-state index contributed by atoms with van der Waals surface area (Å²) < 4.78 is 19.3. The van der Waals surface area contributed by atoms with Crippen LogP contribution in [0.2, 0.25) is 0 Å². The molecule has 4 atom stereocenters. The lowest BCUT2D eigenvalue weighted by Gasteiger charge is -2.41. The first-order chi connectivity index (χ1) is 21.0. The van der Waals surface area contributed by atoms with Crippen LogP contribution in [0.5, 0.6) is 11.6 Å². The Bertz CT molecular complexity index is 1630. The van der Waals surface area contributed by atoms with Gasteiger partial charge in [0, 0.05) is 23.8 Å². The number of piperidine rings is 1. The second kappa shape index (κ2) is 10.1. The predicted molar refractivity (Wildman–Crippen MR) is 161 cm³/mol. The maximum atomic E-state index is 10.1. The molecule has 3 aliphatic heterocycles. The van der Waals surface area contributed by atoms with Crippen molar-refractivity contribution in [1.29, 1.82) is 5.26 Å². The van der Waals surface area contributed by atoms with Gasteiger partial charge in [0.1, 0.15) is 18.8 Å². The van der Waals surface area contributed by atoms with Gasteiger partial charge in [0.2, 0.25) is 5.75 Å². The Morgan fingerprint density at radius 1 is 1.12 bits per heavy atom. The Kier molecular flexibility index (Phi) is 6.30. The number of ether oxygens (including phenoxy) is 2. The van der Waals surface area contributed by atoms with Crippen molar-refractivity contribution in [2.24, 2.45) is 0 Å². The average molecular weight is 582 g/mol.